The van der Waals surface area contributed by atoms with Crippen molar-refractivity contribution in [2.75, 3.05) is 13.2 Å². The van der Waals surface area contributed by atoms with Crippen molar-refractivity contribution in [1.82, 2.24) is 10.2 Å². The molecular formula is C21H27F3N2O2. The number of carbonyl (C=O) groups is 1. The summed E-state index contributed by atoms with van der Waals surface area (Å²) in [4.78, 5) is 14.7. The minimum absolute atomic E-state index is 0.0432. The van der Waals surface area contributed by atoms with Gasteiger partial charge in [-0.2, -0.15) is 13.2 Å². The van der Waals surface area contributed by atoms with Crippen LogP contribution in [-0.2, 0) is 15.7 Å². The Labute approximate surface area is 163 Å². The van der Waals surface area contributed by atoms with Crippen molar-refractivity contribution in [3.8, 4) is 0 Å². The molecular weight excluding hydrogens is 369 g/mol. The SMILES string of the molecule is C[C@]12C[C@@H](c3cccc(C(F)(F)F)c3)N(C3CCOCC3)[C@H]1CCCC(=O)N2. The van der Waals surface area contributed by atoms with Gasteiger partial charge in [0.05, 0.1) is 11.1 Å². The Bertz CT molecular complexity index is 733. The molecule has 1 N–H and O–H groups in total. The fourth-order valence-corrected chi connectivity index (χ4v) is 5.33. The van der Waals surface area contributed by atoms with Crippen LogP contribution in [0.2, 0.25) is 0 Å². The van der Waals surface area contributed by atoms with E-state index in [4.69, 9.17) is 4.74 Å². The van der Waals surface area contributed by atoms with Gasteiger partial charge in [0, 0.05) is 37.8 Å². The third-order valence-electron chi connectivity index (χ3n) is 6.59. The Balaban J connectivity index is 1.73. The van der Waals surface area contributed by atoms with Gasteiger partial charge in [0.2, 0.25) is 5.91 Å². The molecule has 3 atom stereocenters. The van der Waals surface area contributed by atoms with E-state index in [1.807, 2.05) is 0 Å². The van der Waals surface area contributed by atoms with Crippen molar-refractivity contribution in [2.24, 2.45) is 0 Å². The first-order chi connectivity index (χ1) is 13.3. The largest absolute Gasteiger partial charge is 0.416 e. The van der Waals surface area contributed by atoms with Crippen molar-refractivity contribution >= 4 is 5.91 Å². The van der Waals surface area contributed by atoms with Crippen LogP contribution in [0.4, 0.5) is 13.2 Å². The van der Waals surface area contributed by atoms with E-state index in [1.165, 1.54) is 12.1 Å². The summed E-state index contributed by atoms with van der Waals surface area (Å²) in [7, 11) is 0. The maximum atomic E-state index is 13.3. The highest BCUT2D eigenvalue weighted by Crippen LogP contribution is 2.48. The Hall–Kier alpha value is -1.60. The summed E-state index contributed by atoms with van der Waals surface area (Å²) in [5, 5.41) is 3.20. The average molecular weight is 396 g/mol. The summed E-state index contributed by atoms with van der Waals surface area (Å²) in [5.74, 6) is 0.0432. The molecule has 1 aromatic rings. The number of amides is 1. The topological polar surface area (TPSA) is 41.6 Å². The summed E-state index contributed by atoms with van der Waals surface area (Å²) in [6.07, 6.45) is 0.208. The molecule has 4 rings (SSSR count). The van der Waals surface area contributed by atoms with E-state index in [0.717, 1.165) is 31.7 Å². The smallest absolute Gasteiger partial charge is 0.381 e. The molecule has 0 aliphatic carbocycles. The molecule has 154 valence electrons. The Morgan fingerprint density at radius 2 is 1.96 bits per heavy atom. The third-order valence-corrected chi connectivity index (χ3v) is 6.59. The number of nitrogens with zero attached hydrogens (tertiary/aromatic N) is 1. The Morgan fingerprint density at radius 1 is 1.21 bits per heavy atom. The van der Waals surface area contributed by atoms with Gasteiger partial charge in [-0.25, -0.2) is 0 Å². The normalized spacial score (nSPS) is 32.6. The summed E-state index contributed by atoms with van der Waals surface area (Å²) in [5.41, 5.74) is -0.354. The van der Waals surface area contributed by atoms with Crippen LogP contribution in [-0.4, -0.2) is 41.6 Å². The van der Waals surface area contributed by atoms with Crippen LogP contribution in [0.1, 0.15) is 62.6 Å². The van der Waals surface area contributed by atoms with Crippen LogP contribution in [0.3, 0.4) is 0 Å². The number of halogens is 3. The molecule has 4 nitrogen and oxygen atoms in total. The number of hydrogen-bond acceptors (Lipinski definition) is 3. The molecule has 0 aromatic heterocycles. The van der Waals surface area contributed by atoms with E-state index in [-0.39, 0.29) is 24.0 Å². The summed E-state index contributed by atoms with van der Waals surface area (Å²) >= 11 is 0. The second-order valence-electron chi connectivity index (χ2n) is 8.51. The number of rotatable bonds is 2. The zero-order chi connectivity index (χ0) is 19.9. The molecule has 3 fully saturated rings. The molecule has 28 heavy (non-hydrogen) atoms. The number of benzene rings is 1. The minimum Gasteiger partial charge on any atom is -0.381 e. The van der Waals surface area contributed by atoms with Gasteiger partial charge in [0.15, 0.2) is 0 Å². The second kappa shape index (κ2) is 7.34. The van der Waals surface area contributed by atoms with E-state index in [1.54, 1.807) is 6.07 Å². The van der Waals surface area contributed by atoms with Gasteiger partial charge in [-0.1, -0.05) is 12.1 Å². The minimum atomic E-state index is -4.36. The maximum Gasteiger partial charge on any atom is 0.416 e. The molecule has 3 aliphatic heterocycles. The van der Waals surface area contributed by atoms with Crippen LogP contribution in [0, 0.1) is 0 Å². The lowest BCUT2D eigenvalue weighted by Crippen LogP contribution is -2.55. The van der Waals surface area contributed by atoms with Gasteiger partial charge < -0.3 is 10.1 Å². The van der Waals surface area contributed by atoms with Crippen LogP contribution in [0.25, 0.3) is 0 Å². The van der Waals surface area contributed by atoms with Crippen molar-refractivity contribution in [2.45, 2.75) is 75.3 Å². The average Bonchev–Trinajstić information content (AvgIpc) is 2.85. The van der Waals surface area contributed by atoms with Crippen LogP contribution in [0.15, 0.2) is 24.3 Å². The van der Waals surface area contributed by atoms with E-state index >= 15 is 0 Å². The first-order valence-electron chi connectivity index (χ1n) is 10.1. The molecule has 7 heteroatoms. The number of alkyl halides is 3. The molecule has 3 saturated heterocycles. The number of hydrogen-bond donors (Lipinski definition) is 1. The second-order valence-corrected chi connectivity index (χ2v) is 8.51. The summed E-state index contributed by atoms with van der Waals surface area (Å²) in [6, 6.07) is 5.94. The highest BCUT2D eigenvalue weighted by atomic mass is 19.4. The number of likely N-dealkylation sites (tertiary alicyclic amines) is 1. The van der Waals surface area contributed by atoms with Crippen molar-refractivity contribution in [3.63, 3.8) is 0 Å². The first-order valence-corrected chi connectivity index (χ1v) is 10.1. The summed E-state index contributed by atoms with van der Waals surface area (Å²) in [6.45, 7) is 3.40. The van der Waals surface area contributed by atoms with Gasteiger partial charge in [0.1, 0.15) is 0 Å². The van der Waals surface area contributed by atoms with E-state index < -0.39 is 17.3 Å². The van der Waals surface area contributed by atoms with Crippen LogP contribution >= 0.6 is 0 Å². The predicted molar refractivity (Wildman–Crippen MR) is 98.7 cm³/mol. The zero-order valence-corrected chi connectivity index (χ0v) is 16.1. The number of nitrogens with one attached hydrogen (secondary N) is 1. The molecule has 0 saturated carbocycles. The number of fused-ring (bicyclic) bond motifs is 1. The molecule has 3 heterocycles. The molecule has 1 aromatic carbocycles. The quantitative estimate of drug-likeness (QED) is 0.820. The van der Waals surface area contributed by atoms with Crippen LogP contribution in [0.5, 0.6) is 0 Å². The van der Waals surface area contributed by atoms with Crippen molar-refractivity contribution < 1.29 is 22.7 Å². The monoisotopic (exact) mass is 396 g/mol. The highest BCUT2D eigenvalue weighted by Gasteiger charge is 2.53. The molecule has 0 radical (unpaired) electrons. The molecule has 3 aliphatic rings. The van der Waals surface area contributed by atoms with Gasteiger partial charge in [0.25, 0.3) is 0 Å². The number of carbonyl (C=O) groups excluding carboxylic acids is 1. The molecule has 0 spiro atoms. The highest BCUT2D eigenvalue weighted by molar-refractivity contribution is 5.77. The fraction of sp³-hybridized carbons (Fsp3) is 0.667. The molecule has 0 bridgehead atoms. The Kier molecular flexibility index (Phi) is 5.16. The fourth-order valence-electron chi connectivity index (χ4n) is 5.33. The number of ether oxygens (including phenoxy) is 1. The maximum absolute atomic E-state index is 13.3. The van der Waals surface area contributed by atoms with Crippen LogP contribution < -0.4 is 5.32 Å². The third kappa shape index (κ3) is 3.66. The van der Waals surface area contributed by atoms with Gasteiger partial charge in [-0.3, -0.25) is 9.69 Å². The summed E-state index contributed by atoms with van der Waals surface area (Å²) < 4.78 is 45.4. The molecule has 1 amide bonds. The first kappa shape index (κ1) is 19.7. The predicted octanol–water partition coefficient (Wildman–Crippen LogP) is 4.06. The van der Waals surface area contributed by atoms with E-state index in [9.17, 15) is 18.0 Å². The Morgan fingerprint density at radius 3 is 2.68 bits per heavy atom. The van der Waals surface area contributed by atoms with Crippen molar-refractivity contribution in [1.29, 1.82) is 0 Å². The van der Waals surface area contributed by atoms with Gasteiger partial charge in [-0.05, 0) is 56.7 Å². The molecule has 0 unspecified atom stereocenters. The lowest BCUT2D eigenvalue weighted by molar-refractivity contribution is -0.137. The lowest BCUT2D eigenvalue weighted by Gasteiger charge is -2.41. The van der Waals surface area contributed by atoms with Gasteiger partial charge >= 0.3 is 6.18 Å². The van der Waals surface area contributed by atoms with Gasteiger partial charge in [-0.15, -0.1) is 0 Å². The van der Waals surface area contributed by atoms with E-state index in [0.29, 0.717) is 31.6 Å². The lowest BCUT2D eigenvalue weighted by atomic mass is 9.88. The van der Waals surface area contributed by atoms with Crippen molar-refractivity contribution in [3.05, 3.63) is 35.4 Å². The van der Waals surface area contributed by atoms with E-state index in [2.05, 4.69) is 17.1 Å². The zero-order valence-electron chi connectivity index (χ0n) is 16.1. The standard InChI is InChI=1S/C21H27F3N2O2/c1-20-13-17(14-4-2-5-15(12-14)21(22,23)24)26(16-8-10-28-11-9-16)18(20)6-3-7-19(27)25-20/h2,4-5,12,16-18H,3,6-11,13H2,1H3,(H,25,27)/t17-,18-,20-/m0/s1.